The second-order valence-corrected chi connectivity index (χ2v) is 11.9. The summed E-state index contributed by atoms with van der Waals surface area (Å²) in [6.07, 6.45) is 3.02. The van der Waals surface area contributed by atoms with Gasteiger partial charge in [0.25, 0.3) is 10.0 Å². The number of nitrogens with one attached hydrogen (secondary N) is 1. The molecular formula is C22H24N4O5S2. The van der Waals surface area contributed by atoms with Crippen LogP contribution in [0.1, 0.15) is 31.2 Å². The number of amidine groups is 1. The zero-order valence-corrected chi connectivity index (χ0v) is 19.5. The van der Waals surface area contributed by atoms with Crippen molar-refractivity contribution >= 4 is 37.5 Å². The normalized spacial score (nSPS) is 22.2. The average molecular weight is 489 g/mol. The van der Waals surface area contributed by atoms with Crippen molar-refractivity contribution in [2.45, 2.75) is 41.5 Å². The van der Waals surface area contributed by atoms with Crippen LogP contribution < -0.4 is 5.32 Å². The zero-order chi connectivity index (χ0) is 23.2. The van der Waals surface area contributed by atoms with E-state index in [4.69, 9.17) is 0 Å². The lowest BCUT2D eigenvalue weighted by Crippen LogP contribution is -2.43. The average Bonchev–Trinajstić information content (AvgIpc) is 3.54. The molecule has 0 radical (unpaired) electrons. The van der Waals surface area contributed by atoms with E-state index in [9.17, 15) is 21.6 Å². The number of benzene rings is 2. The summed E-state index contributed by atoms with van der Waals surface area (Å²) >= 11 is 0. The Morgan fingerprint density at radius 1 is 0.970 bits per heavy atom. The predicted molar refractivity (Wildman–Crippen MR) is 123 cm³/mol. The quantitative estimate of drug-likeness (QED) is 0.704. The summed E-state index contributed by atoms with van der Waals surface area (Å²) in [5.41, 5.74) is 0.988. The van der Waals surface area contributed by atoms with Gasteiger partial charge in [0.15, 0.2) is 5.84 Å². The Morgan fingerprint density at radius 3 is 2.39 bits per heavy atom. The second kappa shape index (κ2) is 8.23. The highest BCUT2D eigenvalue weighted by atomic mass is 32.2. The molecule has 33 heavy (non-hydrogen) atoms. The molecule has 3 aliphatic heterocycles. The fraction of sp³-hybridized carbons (Fsp3) is 0.364. The summed E-state index contributed by atoms with van der Waals surface area (Å²) in [6, 6.07) is 12.2. The molecule has 174 valence electrons. The van der Waals surface area contributed by atoms with E-state index < -0.39 is 26.1 Å². The fourth-order valence-corrected chi connectivity index (χ4v) is 7.34. The van der Waals surface area contributed by atoms with Gasteiger partial charge in [0.1, 0.15) is 10.9 Å². The number of carbonyl (C=O) groups is 1. The first-order valence-electron chi connectivity index (χ1n) is 10.9. The van der Waals surface area contributed by atoms with Crippen LogP contribution in [0.5, 0.6) is 0 Å². The lowest BCUT2D eigenvalue weighted by Gasteiger charge is -2.25. The number of rotatable bonds is 4. The molecule has 5 rings (SSSR count). The third kappa shape index (κ3) is 3.94. The number of anilines is 1. The maximum absolute atomic E-state index is 13.1. The number of hydrogen-bond acceptors (Lipinski definition) is 6. The van der Waals surface area contributed by atoms with E-state index in [0.717, 1.165) is 19.3 Å². The van der Waals surface area contributed by atoms with Gasteiger partial charge < -0.3 is 10.2 Å². The second-order valence-electron chi connectivity index (χ2n) is 8.36. The molecule has 2 aromatic rings. The van der Waals surface area contributed by atoms with E-state index in [2.05, 4.69) is 9.71 Å². The Labute approximate surface area is 193 Å². The van der Waals surface area contributed by atoms with Gasteiger partial charge in [0, 0.05) is 30.9 Å². The molecule has 3 aliphatic rings. The van der Waals surface area contributed by atoms with E-state index in [-0.39, 0.29) is 15.7 Å². The van der Waals surface area contributed by atoms with E-state index in [1.807, 2.05) is 0 Å². The molecule has 1 atom stereocenters. The van der Waals surface area contributed by atoms with Crippen molar-refractivity contribution in [3.63, 3.8) is 0 Å². The van der Waals surface area contributed by atoms with E-state index in [1.165, 1.54) is 22.5 Å². The number of nitrogens with zero attached hydrogens (tertiary/aromatic N) is 3. The summed E-state index contributed by atoms with van der Waals surface area (Å²) in [6.45, 7) is 1.58. The first-order valence-corrected chi connectivity index (χ1v) is 13.8. The monoisotopic (exact) mass is 488 g/mol. The van der Waals surface area contributed by atoms with Gasteiger partial charge in [-0.2, -0.15) is 12.7 Å². The summed E-state index contributed by atoms with van der Waals surface area (Å²) in [5.74, 6) is 0.0161. The van der Waals surface area contributed by atoms with Gasteiger partial charge >= 0.3 is 0 Å². The van der Waals surface area contributed by atoms with Crippen LogP contribution in [0.25, 0.3) is 0 Å². The highest BCUT2D eigenvalue weighted by Crippen LogP contribution is 2.31. The minimum Gasteiger partial charge on any atom is -0.343 e. The summed E-state index contributed by atoms with van der Waals surface area (Å²) in [5, 5.41) is 2.84. The largest absolute Gasteiger partial charge is 0.343 e. The first-order chi connectivity index (χ1) is 15.8. The molecule has 1 unspecified atom stereocenters. The standard InChI is InChI=1S/C22H24N4O5S2/c27-22(23-16-9-11-17(12-10-16)33(30,31)25-13-3-4-14-25)19-7-5-15-26(19)21-18-6-1-2-8-20(18)32(28,29)24-21/h1-2,6,8-12,19H,3-5,7,13-15H2,(H,23,27). The minimum atomic E-state index is -3.77. The van der Waals surface area contributed by atoms with Crippen molar-refractivity contribution in [1.29, 1.82) is 0 Å². The number of amides is 1. The van der Waals surface area contributed by atoms with E-state index in [1.54, 1.807) is 35.2 Å². The lowest BCUT2D eigenvalue weighted by molar-refractivity contribution is -0.119. The Hall–Kier alpha value is -2.76. The van der Waals surface area contributed by atoms with Crippen molar-refractivity contribution in [3.8, 4) is 0 Å². The van der Waals surface area contributed by atoms with Crippen LogP contribution in [-0.2, 0) is 24.8 Å². The summed E-state index contributed by atoms with van der Waals surface area (Å²) in [7, 11) is -7.29. The lowest BCUT2D eigenvalue weighted by atomic mass is 10.1. The minimum absolute atomic E-state index is 0.154. The van der Waals surface area contributed by atoms with Crippen molar-refractivity contribution < 1.29 is 21.6 Å². The Balaban J connectivity index is 1.33. The van der Waals surface area contributed by atoms with Crippen molar-refractivity contribution in [2.24, 2.45) is 4.40 Å². The van der Waals surface area contributed by atoms with Crippen LogP contribution in [0.3, 0.4) is 0 Å². The summed E-state index contributed by atoms with van der Waals surface area (Å²) < 4.78 is 55.7. The molecule has 2 fully saturated rings. The van der Waals surface area contributed by atoms with Crippen molar-refractivity contribution in [2.75, 3.05) is 25.0 Å². The number of sulfonamides is 2. The zero-order valence-electron chi connectivity index (χ0n) is 17.8. The fourth-order valence-electron chi connectivity index (χ4n) is 4.60. The Bertz CT molecular complexity index is 1330. The molecule has 9 nitrogen and oxygen atoms in total. The van der Waals surface area contributed by atoms with Gasteiger partial charge in [-0.15, -0.1) is 4.40 Å². The number of fused-ring (bicyclic) bond motifs is 1. The Kier molecular flexibility index (Phi) is 5.50. The maximum atomic E-state index is 13.1. The van der Waals surface area contributed by atoms with Crippen LogP contribution in [0.2, 0.25) is 0 Å². The van der Waals surface area contributed by atoms with E-state index in [0.29, 0.717) is 43.1 Å². The van der Waals surface area contributed by atoms with Gasteiger partial charge in [-0.3, -0.25) is 4.79 Å². The van der Waals surface area contributed by atoms with Crippen LogP contribution in [0.4, 0.5) is 5.69 Å². The van der Waals surface area contributed by atoms with Gasteiger partial charge in [-0.05, 0) is 62.1 Å². The molecule has 0 spiro atoms. The maximum Gasteiger partial charge on any atom is 0.285 e. The van der Waals surface area contributed by atoms with Gasteiger partial charge in [-0.25, -0.2) is 8.42 Å². The molecule has 0 aliphatic carbocycles. The van der Waals surface area contributed by atoms with Gasteiger partial charge in [0.2, 0.25) is 15.9 Å². The molecular weight excluding hydrogens is 464 g/mol. The first kappa shape index (κ1) is 22.1. The predicted octanol–water partition coefficient (Wildman–Crippen LogP) is 2.02. The molecule has 1 amide bonds. The highest BCUT2D eigenvalue weighted by molar-refractivity contribution is 7.90. The third-order valence-electron chi connectivity index (χ3n) is 6.26. The molecule has 3 heterocycles. The number of likely N-dealkylation sites (tertiary alicyclic amines) is 1. The summed E-state index contributed by atoms with van der Waals surface area (Å²) in [4.78, 5) is 15.2. The van der Waals surface area contributed by atoms with Crippen molar-refractivity contribution in [3.05, 3.63) is 54.1 Å². The third-order valence-corrected chi connectivity index (χ3v) is 9.50. The molecule has 2 aromatic carbocycles. The molecule has 0 saturated carbocycles. The van der Waals surface area contributed by atoms with Gasteiger partial charge in [0.05, 0.1) is 4.90 Å². The molecule has 0 bridgehead atoms. The van der Waals surface area contributed by atoms with Crippen LogP contribution in [0.15, 0.2) is 62.7 Å². The van der Waals surface area contributed by atoms with Crippen LogP contribution >= 0.6 is 0 Å². The Morgan fingerprint density at radius 2 is 1.67 bits per heavy atom. The van der Waals surface area contributed by atoms with Crippen LogP contribution in [-0.4, -0.2) is 63.5 Å². The van der Waals surface area contributed by atoms with Crippen LogP contribution in [0, 0.1) is 0 Å². The topological polar surface area (TPSA) is 116 Å². The molecule has 2 saturated heterocycles. The molecule has 11 heteroatoms. The van der Waals surface area contributed by atoms with Gasteiger partial charge in [-0.1, -0.05) is 12.1 Å². The number of hydrogen-bond donors (Lipinski definition) is 1. The molecule has 0 aromatic heterocycles. The van der Waals surface area contributed by atoms with Crippen molar-refractivity contribution in [1.82, 2.24) is 9.21 Å². The number of carbonyl (C=O) groups excluding carboxylic acids is 1. The molecule has 1 N–H and O–H groups in total. The smallest absolute Gasteiger partial charge is 0.285 e. The highest BCUT2D eigenvalue weighted by Gasteiger charge is 2.39. The SMILES string of the molecule is O=C(Nc1ccc(S(=O)(=O)N2CCCC2)cc1)C1CCCN1C1=NS(=O)(=O)c2ccccc21. The van der Waals surface area contributed by atoms with E-state index >= 15 is 0 Å².